The fourth-order valence-electron chi connectivity index (χ4n) is 2.63. The third-order valence-electron chi connectivity index (χ3n) is 3.60. The van der Waals surface area contributed by atoms with Gasteiger partial charge in [0, 0.05) is 10.7 Å². The first-order valence-electron chi connectivity index (χ1n) is 6.40. The van der Waals surface area contributed by atoms with Gasteiger partial charge in [-0.05, 0) is 54.2 Å². The predicted octanol–water partition coefficient (Wildman–Crippen LogP) is 3.99. The van der Waals surface area contributed by atoms with E-state index < -0.39 is 0 Å². The van der Waals surface area contributed by atoms with Gasteiger partial charge in [0.15, 0.2) is 0 Å². The highest BCUT2D eigenvalue weighted by molar-refractivity contribution is 9.10. The van der Waals surface area contributed by atoms with Crippen LogP contribution in [0.25, 0.3) is 0 Å². The number of nitrogens with zero attached hydrogens (tertiary/aromatic N) is 2. The summed E-state index contributed by atoms with van der Waals surface area (Å²) in [6.45, 7) is 0. The van der Waals surface area contributed by atoms with Gasteiger partial charge in [-0.25, -0.2) is 0 Å². The van der Waals surface area contributed by atoms with Crippen molar-refractivity contribution >= 4 is 15.9 Å². The summed E-state index contributed by atoms with van der Waals surface area (Å²) in [5.74, 6) is -0.289. The van der Waals surface area contributed by atoms with Crippen LogP contribution in [0.5, 0.6) is 0 Å². The monoisotopic (exact) mass is 312 g/mol. The third kappa shape index (κ3) is 2.41. The van der Waals surface area contributed by atoms with Gasteiger partial charge in [0.2, 0.25) is 0 Å². The van der Waals surface area contributed by atoms with Gasteiger partial charge in [0.25, 0.3) is 0 Å². The maximum Gasteiger partial charge on any atom is 0.113 e. The van der Waals surface area contributed by atoms with Crippen LogP contribution >= 0.6 is 15.9 Å². The summed E-state index contributed by atoms with van der Waals surface area (Å²) >= 11 is 3.45. The zero-order valence-electron chi connectivity index (χ0n) is 10.4. The van der Waals surface area contributed by atoms with Crippen molar-refractivity contribution in [1.82, 2.24) is 4.98 Å². The molecular weight excluding hydrogens is 300 g/mol. The number of pyridine rings is 1. The van der Waals surface area contributed by atoms with Crippen LogP contribution in [-0.2, 0) is 12.8 Å². The molecule has 94 valence electrons. The van der Waals surface area contributed by atoms with E-state index in [0.29, 0.717) is 0 Å². The molecule has 0 radical (unpaired) electrons. The molecule has 0 N–H and O–H groups in total. The molecule has 3 heteroatoms. The molecule has 0 fully saturated rings. The molecule has 2 aromatic rings. The van der Waals surface area contributed by atoms with Crippen molar-refractivity contribution in [3.05, 3.63) is 63.4 Å². The standard InChI is InChI=1S/C16H13BrN2/c17-14-6-2-4-12(7-14)15(9-18)16-8-11-3-1-5-13(11)10-19-16/h2,4,6-8,10,15H,1,3,5H2. The normalized spacial score (nSPS) is 14.7. The first-order chi connectivity index (χ1) is 9.28. The Morgan fingerprint density at radius 3 is 2.84 bits per heavy atom. The lowest BCUT2D eigenvalue weighted by Crippen LogP contribution is -2.02. The molecule has 0 spiro atoms. The van der Waals surface area contributed by atoms with E-state index in [2.05, 4.69) is 33.0 Å². The number of benzene rings is 1. The zero-order chi connectivity index (χ0) is 13.2. The Morgan fingerprint density at radius 1 is 1.21 bits per heavy atom. The second kappa shape index (κ2) is 5.14. The Kier molecular flexibility index (Phi) is 3.35. The minimum atomic E-state index is -0.289. The van der Waals surface area contributed by atoms with Crippen LogP contribution in [0.1, 0.15) is 34.7 Å². The highest BCUT2D eigenvalue weighted by atomic mass is 79.9. The predicted molar refractivity (Wildman–Crippen MR) is 77.9 cm³/mol. The number of rotatable bonds is 2. The average Bonchev–Trinajstić information content (AvgIpc) is 2.87. The molecule has 19 heavy (non-hydrogen) atoms. The summed E-state index contributed by atoms with van der Waals surface area (Å²) in [7, 11) is 0. The summed E-state index contributed by atoms with van der Waals surface area (Å²) in [6.07, 6.45) is 5.38. The Labute approximate surface area is 121 Å². The number of fused-ring (bicyclic) bond motifs is 1. The average molecular weight is 313 g/mol. The molecule has 0 saturated carbocycles. The van der Waals surface area contributed by atoms with Gasteiger partial charge < -0.3 is 0 Å². The smallest absolute Gasteiger partial charge is 0.113 e. The van der Waals surface area contributed by atoms with Gasteiger partial charge in [-0.1, -0.05) is 28.1 Å². The number of hydrogen-bond donors (Lipinski definition) is 0. The van der Waals surface area contributed by atoms with Crippen molar-refractivity contribution < 1.29 is 0 Å². The van der Waals surface area contributed by atoms with E-state index in [1.165, 1.54) is 17.5 Å². The second-order valence-electron chi connectivity index (χ2n) is 4.85. The number of nitriles is 1. The second-order valence-corrected chi connectivity index (χ2v) is 5.76. The molecule has 2 nitrogen and oxygen atoms in total. The molecular formula is C16H13BrN2. The van der Waals surface area contributed by atoms with Gasteiger partial charge >= 0.3 is 0 Å². The van der Waals surface area contributed by atoms with Crippen molar-refractivity contribution in [2.24, 2.45) is 0 Å². The van der Waals surface area contributed by atoms with Gasteiger partial charge in [-0.2, -0.15) is 5.26 Å². The molecule has 1 atom stereocenters. The summed E-state index contributed by atoms with van der Waals surface area (Å²) in [6, 6.07) is 12.4. The molecule has 1 aliphatic rings. The molecule has 1 aromatic heterocycles. The Morgan fingerprint density at radius 2 is 2.05 bits per heavy atom. The first kappa shape index (κ1) is 12.4. The highest BCUT2D eigenvalue weighted by Crippen LogP contribution is 2.28. The molecule has 1 aliphatic carbocycles. The first-order valence-corrected chi connectivity index (χ1v) is 7.20. The van der Waals surface area contributed by atoms with Gasteiger partial charge in [-0.15, -0.1) is 0 Å². The van der Waals surface area contributed by atoms with Crippen LogP contribution in [0.15, 0.2) is 41.0 Å². The van der Waals surface area contributed by atoms with Crippen molar-refractivity contribution in [3.8, 4) is 6.07 Å². The minimum Gasteiger partial charge on any atom is -0.259 e. The molecule has 3 rings (SSSR count). The number of aryl methyl sites for hydroxylation is 2. The summed E-state index contributed by atoms with van der Waals surface area (Å²) in [5.41, 5.74) is 4.55. The van der Waals surface area contributed by atoms with Crippen molar-refractivity contribution in [3.63, 3.8) is 0 Å². The minimum absolute atomic E-state index is 0.289. The molecule has 0 saturated heterocycles. The molecule has 0 amide bonds. The van der Waals surface area contributed by atoms with E-state index in [0.717, 1.165) is 28.6 Å². The van der Waals surface area contributed by atoms with E-state index in [1.807, 2.05) is 30.5 Å². The largest absolute Gasteiger partial charge is 0.259 e. The fourth-order valence-corrected chi connectivity index (χ4v) is 3.04. The summed E-state index contributed by atoms with van der Waals surface area (Å²) < 4.78 is 0.992. The van der Waals surface area contributed by atoms with E-state index in [4.69, 9.17) is 0 Å². The van der Waals surface area contributed by atoms with Crippen LogP contribution in [0.4, 0.5) is 0 Å². The lowest BCUT2D eigenvalue weighted by molar-refractivity contribution is 0.911. The van der Waals surface area contributed by atoms with Gasteiger partial charge in [0.05, 0.1) is 11.8 Å². The molecule has 0 bridgehead atoms. The molecule has 1 aromatic carbocycles. The van der Waals surface area contributed by atoms with Gasteiger partial charge in [-0.3, -0.25) is 4.98 Å². The van der Waals surface area contributed by atoms with Crippen molar-refractivity contribution in [2.45, 2.75) is 25.2 Å². The lowest BCUT2D eigenvalue weighted by atomic mass is 9.95. The van der Waals surface area contributed by atoms with Crippen molar-refractivity contribution in [1.29, 1.82) is 5.26 Å². The molecule has 0 aliphatic heterocycles. The van der Waals surface area contributed by atoms with E-state index in [1.54, 1.807) is 0 Å². The third-order valence-corrected chi connectivity index (χ3v) is 4.10. The highest BCUT2D eigenvalue weighted by Gasteiger charge is 2.18. The Hall–Kier alpha value is -1.66. The number of halogens is 1. The quantitative estimate of drug-likeness (QED) is 0.840. The van der Waals surface area contributed by atoms with Crippen LogP contribution in [0.2, 0.25) is 0 Å². The maximum absolute atomic E-state index is 9.47. The SMILES string of the molecule is N#CC(c1cccc(Br)c1)c1cc2c(cn1)CCC2. The van der Waals surface area contributed by atoms with Crippen molar-refractivity contribution in [2.75, 3.05) is 0 Å². The lowest BCUT2D eigenvalue weighted by Gasteiger charge is -2.11. The Balaban J connectivity index is 2.01. The van der Waals surface area contributed by atoms with Crippen LogP contribution in [-0.4, -0.2) is 4.98 Å². The van der Waals surface area contributed by atoms with Crippen LogP contribution in [0, 0.1) is 11.3 Å². The fraction of sp³-hybridized carbons (Fsp3) is 0.250. The van der Waals surface area contributed by atoms with Crippen LogP contribution < -0.4 is 0 Å². The van der Waals surface area contributed by atoms with E-state index in [9.17, 15) is 5.26 Å². The molecule has 1 heterocycles. The Bertz CT molecular complexity index is 658. The number of hydrogen-bond acceptors (Lipinski definition) is 2. The maximum atomic E-state index is 9.47. The number of aromatic nitrogens is 1. The summed E-state index contributed by atoms with van der Waals surface area (Å²) in [5, 5.41) is 9.47. The van der Waals surface area contributed by atoms with E-state index >= 15 is 0 Å². The zero-order valence-corrected chi connectivity index (χ0v) is 12.0. The summed E-state index contributed by atoms with van der Waals surface area (Å²) in [4.78, 5) is 4.49. The molecule has 1 unspecified atom stereocenters. The van der Waals surface area contributed by atoms with E-state index in [-0.39, 0.29) is 5.92 Å². The van der Waals surface area contributed by atoms with Crippen LogP contribution in [0.3, 0.4) is 0 Å². The topological polar surface area (TPSA) is 36.7 Å². The van der Waals surface area contributed by atoms with Gasteiger partial charge in [0.1, 0.15) is 5.92 Å².